The summed E-state index contributed by atoms with van der Waals surface area (Å²) in [5.41, 5.74) is 1.22. The van der Waals surface area contributed by atoms with Crippen LogP contribution in [0, 0.1) is 12.8 Å². The molecule has 2 aromatic rings. The molecule has 4 rings (SSSR count). The third-order valence-corrected chi connectivity index (χ3v) is 5.54. The number of aromatic hydroxyl groups is 1. The molecular formula is C19H21ClN2O4. The molecule has 7 heteroatoms. The molecule has 0 bridgehead atoms. The Hall–Kier alpha value is -2.05. The van der Waals surface area contributed by atoms with Crippen molar-refractivity contribution in [2.24, 2.45) is 5.92 Å². The van der Waals surface area contributed by atoms with E-state index in [0.717, 1.165) is 23.8 Å². The van der Waals surface area contributed by atoms with E-state index >= 15 is 0 Å². The van der Waals surface area contributed by atoms with Crippen molar-refractivity contribution in [2.45, 2.75) is 26.3 Å². The van der Waals surface area contributed by atoms with Crippen molar-refractivity contribution in [2.75, 3.05) is 26.2 Å². The topological polar surface area (TPSA) is 74.0 Å². The molecule has 1 amide bonds. The van der Waals surface area contributed by atoms with E-state index in [2.05, 4.69) is 4.90 Å². The van der Waals surface area contributed by atoms with Gasteiger partial charge >= 0.3 is 5.63 Å². The van der Waals surface area contributed by atoms with Crippen LogP contribution < -0.4 is 5.63 Å². The van der Waals surface area contributed by atoms with Crippen molar-refractivity contribution < 1.29 is 14.3 Å². The first-order chi connectivity index (χ1) is 12.4. The van der Waals surface area contributed by atoms with Gasteiger partial charge in [-0.3, -0.25) is 9.69 Å². The van der Waals surface area contributed by atoms with Gasteiger partial charge in [0.1, 0.15) is 11.3 Å². The van der Waals surface area contributed by atoms with Crippen molar-refractivity contribution in [1.29, 1.82) is 0 Å². The van der Waals surface area contributed by atoms with Crippen LogP contribution in [0.4, 0.5) is 0 Å². The van der Waals surface area contributed by atoms with Gasteiger partial charge in [-0.2, -0.15) is 0 Å². The molecule has 1 aliphatic carbocycles. The van der Waals surface area contributed by atoms with Gasteiger partial charge in [0.15, 0.2) is 0 Å². The van der Waals surface area contributed by atoms with Crippen LogP contribution in [0.2, 0.25) is 5.02 Å². The van der Waals surface area contributed by atoms with Crippen LogP contribution in [0.3, 0.4) is 0 Å². The highest BCUT2D eigenvalue weighted by Gasteiger charge is 2.34. The Kier molecular flexibility index (Phi) is 4.40. The first-order valence-electron chi connectivity index (χ1n) is 8.90. The van der Waals surface area contributed by atoms with Gasteiger partial charge in [-0.25, -0.2) is 4.79 Å². The van der Waals surface area contributed by atoms with Crippen molar-refractivity contribution in [3.63, 3.8) is 0 Å². The van der Waals surface area contributed by atoms with Crippen molar-refractivity contribution >= 4 is 28.5 Å². The zero-order chi connectivity index (χ0) is 18.4. The molecule has 1 aromatic carbocycles. The number of amides is 1. The number of phenolic OH excluding ortho intramolecular Hbond substituents is 1. The van der Waals surface area contributed by atoms with Crippen LogP contribution in [-0.4, -0.2) is 47.0 Å². The molecular weight excluding hydrogens is 356 g/mol. The van der Waals surface area contributed by atoms with E-state index in [1.807, 2.05) is 11.8 Å². The number of rotatable bonds is 3. The van der Waals surface area contributed by atoms with Gasteiger partial charge in [-0.1, -0.05) is 11.6 Å². The Bertz CT molecular complexity index is 927. The first-order valence-corrected chi connectivity index (χ1v) is 9.28. The number of carbonyl (C=O) groups is 1. The van der Waals surface area contributed by atoms with E-state index in [1.54, 1.807) is 6.07 Å². The Labute approximate surface area is 155 Å². The van der Waals surface area contributed by atoms with Crippen LogP contribution in [0.15, 0.2) is 21.3 Å². The number of hydrogen-bond donors (Lipinski definition) is 1. The minimum atomic E-state index is -0.446. The van der Waals surface area contributed by atoms with E-state index in [4.69, 9.17) is 16.0 Å². The van der Waals surface area contributed by atoms with Gasteiger partial charge in [0, 0.05) is 50.1 Å². The summed E-state index contributed by atoms with van der Waals surface area (Å²) < 4.78 is 5.38. The molecule has 2 fully saturated rings. The standard InChI is InChI=1S/C19H21ClN2O4/c1-11-8-16(23)26-18-13(11)9-15(20)17(24)14(18)10-21-4-6-22(7-5-21)19(25)12-2-3-12/h8-9,12,24H,2-7,10H2,1H3. The van der Waals surface area contributed by atoms with Crippen molar-refractivity contribution in [3.8, 4) is 5.75 Å². The fourth-order valence-electron chi connectivity index (χ4n) is 3.55. The Morgan fingerprint density at radius 1 is 1.27 bits per heavy atom. The zero-order valence-corrected chi connectivity index (χ0v) is 15.4. The molecule has 0 radical (unpaired) electrons. The maximum Gasteiger partial charge on any atom is 0.336 e. The number of piperazine rings is 1. The number of hydrogen-bond acceptors (Lipinski definition) is 5. The van der Waals surface area contributed by atoms with Gasteiger partial charge < -0.3 is 14.4 Å². The predicted octanol–water partition coefficient (Wildman–Crippen LogP) is 2.51. The van der Waals surface area contributed by atoms with E-state index in [-0.39, 0.29) is 22.6 Å². The largest absolute Gasteiger partial charge is 0.506 e. The number of halogens is 1. The molecule has 138 valence electrons. The summed E-state index contributed by atoms with van der Waals surface area (Å²) in [6.45, 7) is 5.01. The Morgan fingerprint density at radius 3 is 2.62 bits per heavy atom. The number of benzene rings is 1. The van der Waals surface area contributed by atoms with E-state index in [0.29, 0.717) is 43.9 Å². The Morgan fingerprint density at radius 2 is 1.96 bits per heavy atom. The highest BCUT2D eigenvalue weighted by Crippen LogP contribution is 2.36. The minimum absolute atomic E-state index is 0.0515. The van der Waals surface area contributed by atoms with E-state index in [9.17, 15) is 14.7 Å². The fraction of sp³-hybridized carbons (Fsp3) is 0.474. The maximum absolute atomic E-state index is 12.2. The molecule has 1 aliphatic heterocycles. The highest BCUT2D eigenvalue weighted by atomic mass is 35.5. The number of fused-ring (bicyclic) bond motifs is 1. The van der Waals surface area contributed by atoms with Crippen LogP contribution in [0.5, 0.6) is 5.75 Å². The lowest BCUT2D eigenvalue weighted by molar-refractivity contribution is -0.134. The second kappa shape index (κ2) is 6.59. The fourth-order valence-corrected chi connectivity index (χ4v) is 3.78. The first kappa shape index (κ1) is 17.4. The summed E-state index contributed by atoms with van der Waals surface area (Å²) in [5, 5.41) is 11.4. The lowest BCUT2D eigenvalue weighted by Crippen LogP contribution is -2.48. The molecule has 6 nitrogen and oxygen atoms in total. The summed E-state index contributed by atoms with van der Waals surface area (Å²) in [6.07, 6.45) is 2.03. The number of carbonyl (C=O) groups excluding carboxylic acids is 1. The summed E-state index contributed by atoms with van der Waals surface area (Å²) in [6, 6.07) is 3.04. The molecule has 1 saturated heterocycles. The number of phenols is 1. The smallest absolute Gasteiger partial charge is 0.336 e. The summed E-state index contributed by atoms with van der Waals surface area (Å²) in [7, 11) is 0. The normalized spacial score (nSPS) is 18.5. The lowest BCUT2D eigenvalue weighted by atomic mass is 10.1. The average molecular weight is 377 g/mol. The van der Waals surface area contributed by atoms with Crippen LogP contribution in [0.25, 0.3) is 11.0 Å². The van der Waals surface area contributed by atoms with E-state index < -0.39 is 5.63 Å². The third kappa shape index (κ3) is 3.19. The molecule has 1 N–H and O–H groups in total. The van der Waals surface area contributed by atoms with Crippen molar-refractivity contribution in [3.05, 3.63) is 38.7 Å². The second-order valence-corrected chi connectivity index (χ2v) is 7.59. The molecule has 2 heterocycles. The van der Waals surface area contributed by atoms with Gasteiger partial charge in [-0.15, -0.1) is 0 Å². The van der Waals surface area contributed by atoms with Gasteiger partial charge in [0.05, 0.1) is 10.6 Å². The summed E-state index contributed by atoms with van der Waals surface area (Å²) in [5.74, 6) is 0.450. The number of nitrogens with zero attached hydrogens (tertiary/aromatic N) is 2. The molecule has 0 spiro atoms. The van der Waals surface area contributed by atoms with Crippen molar-refractivity contribution in [1.82, 2.24) is 9.80 Å². The van der Waals surface area contributed by atoms with E-state index in [1.165, 1.54) is 6.07 Å². The monoisotopic (exact) mass is 376 g/mol. The third-order valence-electron chi connectivity index (χ3n) is 5.26. The van der Waals surface area contributed by atoms with Crippen LogP contribution in [-0.2, 0) is 11.3 Å². The average Bonchev–Trinajstić information content (AvgIpc) is 3.45. The maximum atomic E-state index is 12.2. The minimum Gasteiger partial charge on any atom is -0.506 e. The quantitative estimate of drug-likeness (QED) is 0.833. The summed E-state index contributed by atoms with van der Waals surface area (Å²) >= 11 is 6.19. The van der Waals surface area contributed by atoms with Crippen LogP contribution >= 0.6 is 11.6 Å². The SMILES string of the molecule is Cc1cc(=O)oc2c(CN3CCN(C(=O)C4CC4)CC3)c(O)c(Cl)cc12. The number of aryl methyl sites for hydroxylation is 1. The zero-order valence-electron chi connectivity index (χ0n) is 14.6. The predicted molar refractivity (Wildman–Crippen MR) is 98.5 cm³/mol. The second-order valence-electron chi connectivity index (χ2n) is 7.19. The van der Waals surface area contributed by atoms with Gasteiger partial charge in [0.2, 0.25) is 5.91 Å². The molecule has 0 unspecified atom stereocenters. The highest BCUT2D eigenvalue weighted by molar-refractivity contribution is 6.33. The van der Waals surface area contributed by atoms with Crippen LogP contribution in [0.1, 0.15) is 24.0 Å². The van der Waals surface area contributed by atoms with Gasteiger partial charge in [-0.05, 0) is 31.4 Å². The molecule has 1 saturated carbocycles. The molecule has 2 aliphatic rings. The lowest BCUT2D eigenvalue weighted by Gasteiger charge is -2.35. The Balaban J connectivity index is 1.58. The molecule has 26 heavy (non-hydrogen) atoms. The molecule has 1 aromatic heterocycles. The molecule has 0 atom stereocenters. The van der Waals surface area contributed by atoms with Gasteiger partial charge in [0.25, 0.3) is 0 Å². The summed E-state index contributed by atoms with van der Waals surface area (Å²) in [4.78, 5) is 28.0.